The lowest BCUT2D eigenvalue weighted by Crippen LogP contribution is -2.21. The molecule has 1 aliphatic carbocycles. The topological polar surface area (TPSA) is 85.2 Å². The number of ether oxygens (including phenoxy) is 1. The summed E-state index contributed by atoms with van der Waals surface area (Å²) in [5.74, 6) is -0.657. The van der Waals surface area contributed by atoms with E-state index in [0.717, 1.165) is 36.8 Å². The zero-order valence-electron chi connectivity index (χ0n) is 19.8. The van der Waals surface area contributed by atoms with Crippen molar-refractivity contribution in [1.82, 2.24) is 0 Å². The fourth-order valence-electron chi connectivity index (χ4n) is 4.55. The fraction of sp³-hybridized carbons (Fsp3) is 0.625. The second-order valence-corrected chi connectivity index (χ2v) is 9.07. The van der Waals surface area contributed by atoms with Crippen molar-refractivity contribution in [2.24, 2.45) is 11.8 Å². The van der Waals surface area contributed by atoms with Crippen LogP contribution in [-0.4, -0.2) is 42.9 Å². The predicted molar refractivity (Wildman–Crippen MR) is 132 cm³/mol. The van der Waals surface area contributed by atoms with Crippen LogP contribution < -0.4 is 0 Å². The average molecular weight is 487 g/mol. The van der Waals surface area contributed by atoms with Crippen molar-refractivity contribution >= 4 is 24.8 Å². The van der Waals surface area contributed by atoms with Crippen LogP contribution >= 0.6 is 18.9 Å². The standard InChI is InChI=1S/C24H38O6P2/c1-28-16-18-8-6-7-17(13-18)14-19(29-31)11-12-21-20(22(25)15-23(21)30-32)9-4-2-3-5-10-24(26)27/h6-8,11-13,19-23,25H,2-5,9-10,14-16,31-32H2,1H3,(H,26,27)/t19-,20-,21-,22+,23-/m1/s1/i32T/t19-,20-,21-,22+,23-,32?. The van der Waals surface area contributed by atoms with Gasteiger partial charge in [-0.2, -0.15) is 0 Å². The van der Waals surface area contributed by atoms with Crippen LogP contribution in [0.4, 0.5) is 0 Å². The van der Waals surface area contributed by atoms with Crippen LogP contribution in [0.2, 0.25) is 0 Å². The van der Waals surface area contributed by atoms with Crippen molar-refractivity contribution < 1.29 is 28.8 Å². The van der Waals surface area contributed by atoms with Crippen molar-refractivity contribution in [2.75, 3.05) is 7.11 Å². The maximum absolute atomic E-state index is 10.7. The highest BCUT2D eigenvalue weighted by Gasteiger charge is 2.40. The van der Waals surface area contributed by atoms with Gasteiger partial charge in [-0.05, 0) is 29.9 Å². The predicted octanol–water partition coefficient (Wildman–Crippen LogP) is 4.70. The minimum atomic E-state index is -0.751. The number of aliphatic hydroxyl groups is 1. The average Bonchev–Trinajstić information content (AvgIpc) is 3.08. The third kappa shape index (κ3) is 9.17. The van der Waals surface area contributed by atoms with Gasteiger partial charge in [-0.1, -0.05) is 55.7 Å². The maximum Gasteiger partial charge on any atom is 0.303 e. The monoisotopic (exact) mass is 486 g/mol. The van der Waals surface area contributed by atoms with Crippen LogP contribution in [-0.2, 0) is 31.6 Å². The third-order valence-electron chi connectivity index (χ3n) is 6.18. The van der Waals surface area contributed by atoms with Gasteiger partial charge in [0.1, 0.15) is 0 Å². The number of carboxylic acid groups (broad SMARTS) is 1. The van der Waals surface area contributed by atoms with E-state index in [1.807, 2.05) is 18.2 Å². The van der Waals surface area contributed by atoms with Gasteiger partial charge in [-0.25, -0.2) is 0 Å². The van der Waals surface area contributed by atoms with Crippen LogP contribution in [0.15, 0.2) is 36.4 Å². The van der Waals surface area contributed by atoms with E-state index in [-0.39, 0.29) is 39.9 Å². The van der Waals surface area contributed by atoms with Crippen molar-refractivity contribution in [3.8, 4) is 0 Å². The normalized spacial score (nSPS) is 25.0. The lowest BCUT2D eigenvalue weighted by molar-refractivity contribution is -0.137. The first-order chi connectivity index (χ1) is 16.0. The number of hydrogen-bond acceptors (Lipinski definition) is 5. The summed E-state index contributed by atoms with van der Waals surface area (Å²) in [6.07, 6.45) is 9.17. The molecule has 1 aliphatic rings. The molecule has 0 radical (unpaired) electrons. The second kappa shape index (κ2) is 15.1. The summed E-state index contributed by atoms with van der Waals surface area (Å²) in [4.78, 5) is 10.7. The van der Waals surface area contributed by atoms with Gasteiger partial charge >= 0.3 is 5.97 Å². The fourth-order valence-corrected chi connectivity index (χ4v) is 4.99. The molecule has 180 valence electrons. The Hall–Kier alpha value is -0.870. The van der Waals surface area contributed by atoms with Gasteiger partial charge in [-0.3, -0.25) is 4.79 Å². The highest BCUT2D eigenvalue weighted by molar-refractivity contribution is 7.10. The molecule has 8 heteroatoms. The molecule has 1 fully saturated rings. The number of benzene rings is 1. The van der Waals surface area contributed by atoms with Crippen molar-refractivity contribution in [3.05, 3.63) is 47.5 Å². The minimum Gasteiger partial charge on any atom is -0.481 e. The number of methoxy groups -OCH3 is 1. The zero-order chi connectivity index (χ0) is 24.1. The zero-order valence-corrected chi connectivity index (χ0v) is 21.0. The van der Waals surface area contributed by atoms with Gasteiger partial charge < -0.3 is 24.0 Å². The molecule has 6 nitrogen and oxygen atoms in total. The smallest absolute Gasteiger partial charge is 0.303 e. The third-order valence-corrected chi connectivity index (χ3v) is 6.84. The van der Waals surface area contributed by atoms with E-state index < -0.39 is 12.1 Å². The number of hydrogen-bond donors (Lipinski definition) is 2. The molecule has 0 heterocycles. The lowest BCUT2D eigenvalue weighted by atomic mass is 9.87. The summed E-state index contributed by atoms with van der Waals surface area (Å²) in [6, 6.07) is 8.25. The molecule has 7 atom stereocenters. The Bertz CT molecular complexity index is 735. The Morgan fingerprint density at radius 3 is 2.81 bits per heavy atom. The van der Waals surface area contributed by atoms with Crippen LogP contribution in [0.1, 0.15) is 56.1 Å². The Kier molecular flexibility index (Phi) is 12.2. The van der Waals surface area contributed by atoms with Crippen LogP contribution in [0, 0.1) is 11.8 Å². The SMILES string of the molecule is [3H]PO[C@@H]1C[C@H](O)[C@H](CCCCCCC(=O)O)[C@H]1C=C[C@H](Cc1cccc(COC)c1)OP. The van der Waals surface area contributed by atoms with Gasteiger partial charge in [-0.15, -0.1) is 0 Å². The molecule has 1 aromatic carbocycles. The first-order valence-electron chi connectivity index (χ1n) is 11.8. The first kappa shape index (κ1) is 25.7. The summed E-state index contributed by atoms with van der Waals surface area (Å²) in [5, 5.41) is 19.4. The number of aliphatic hydroxyl groups excluding tert-OH is 1. The summed E-state index contributed by atoms with van der Waals surface area (Å²) in [6.45, 7) is 0.570. The quantitative estimate of drug-likeness (QED) is 0.200. The van der Waals surface area contributed by atoms with Crippen molar-refractivity contribution in [2.45, 2.75) is 76.3 Å². The summed E-state index contributed by atoms with van der Waals surface area (Å²) < 4.78 is 24.0. The van der Waals surface area contributed by atoms with Gasteiger partial charge in [0.15, 0.2) is 0 Å². The highest BCUT2D eigenvalue weighted by atomic mass is 31.0. The molecule has 0 saturated heterocycles. The number of aliphatic carboxylic acids is 1. The van der Waals surface area contributed by atoms with Gasteiger partial charge in [0, 0.05) is 51.2 Å². The van der Waals surface area contributed by atoms with Gasteiger partial charge in [0.2, 0.25) is 0 Å². The van der Waals surface area contributed by atoms with Crippen molar-refractivity contribution in [1.29, 1.82) is 1.28 Å². The molecule has 32 heavy (non-hydrogen) atoms. The number of unbranched alkanes of at least 4 members (excludes halogenated alkanes) is 3. The summed E-state index contributed by atoms with van der Waals surface area (Å²) in [5.41, 5.74) is 2.28. The largest absolute Gasteiger partial charge is 0.481 e. The lowest BCUT2D eigenvalue weighted by Gasteiger charge is -2.23. The summed E-state index contributed by atoms with van der Waals surface area (Å²) >= 11 is 0. The molecule has 1 aromatic rings. The van der Waals surface area contributed by atoms with E-state index >= 15 is 0 Å². The number of carboxylic acids is 1. The maximum atomic E-state index is 10.7. The molecule has 0 amide bonds. The molecule has 0 aliphatic heterocycles. The minimum absolute atomic E-state index is 0.0272. The van der Waals surface area contributed by atoms with E-state index in [0.29, 0.717) is 25.9 Å². The number of rotatable bonds is 16. The van der Waals surface area contributed by atoms with E-state index in [4.69, 9.17) is 20.2 Å². The Morgan fingerprint density at radius 2 is 2.09 bits per heavy atom. The Labute approximate surface area is 198 Å². The Balaban J connectivity index is 1.98. The molecule has 0 aromatic heterocycles. The van der Waals surface area contributed by atoms with Gasteiger partial charge in [0.05, 0.1) is 26.2 Å². The molecule has 0 bridgehead atoms. The molecule has 2 unspecified atom stereocenters. The Morgan fingerprint density at radius 1 is 1.31 bits per heavy atom. The van der Waals surface area contributed by atoms with E-state index in [1.165, 1.54) is 0 Å². The van der Waals surface area contributed by atoms with E-state index in [2.05, 4.69) is 27.7 Å². The van der Waals surface area contributed by atoms with Crippen LogP contribution in [0.5, 0.6) is 0 Å². The van der Waals surface area contributed by atoms with E-state index in [9.17, 15) is 9.90 Å². The number of carbonyl (C=O) groups is 1. The molecule has 1 saturated carbocycles. The molecule has 2 rings (SSSR count). The second-order valence-electron chi connectivity index (χ2n) is 8.56. The first-order valence-corrected chi connectivity index (χ1v) is 12.2. The molecule has 0 spiro atoms. The molecule has 2 N–H and O–H groups in total. The van der Waals surface area contributed by atoms with Crippen LogP contribution in [0.25, 0.3) is 0 Å². The van der Waals surface area contributed by atoms with Crippen LogP contribution in [0.3, 0.4) is 0 Å². The van der Waals surface area contributed by atoms with E-state index in [1.54, 1.807) is 7.11 Å². The van der Waals surface area contributed by atoms with Gasteiger partial charge in [0.25, 0.3) is 0 Å². The summed E-state index contributed by atoms with van der Waals surface area (Å²) in [7, 11) is 3.66. The van der Waals surface area contributed by atoms with Crippen molar-refractivity contribution in [3.63, 3.8) is 0 Å². The molecular weight excluding hydrogens is 446 g/mol. The highest BCUT2D eigenvalue weighted by Crippen LogP contribution is 2.39. The molecular formula is C24H38O6P2.